The van der Waals surface area contributed by atoms with Gasteiger partial charge in [-0.1, -0.05) is 197 Å². The maximum atomic E-state index is 2.88. The number of rotatable bonds is 6. The normalized spacial score (nSPS) is 27.6. The van der Waals surface area contributed by atoms with Crippen molar-refractivity contribution in [1.29, 1.82) is 0 Å². The predicted molar refractivity (Wildman–Crippen MR) is 272 cm³/mol. The van der Waals surface area contributed by atoms with Crippen molar-refractivity contribution in [3.8, 4) is 0 Å². The minimum absolute atomic E-state index is 0.489. The van der Waals surface area contributed by atoms with E-state index >= 15 is 0 Å². The van der Waals surface area contributed by atoms with Gasteiger partial charge in [0.2, 0.25) is 0 Å². The lowest BCUT2D eigenvalue weighted by Gasteiger charge is -2.48. The molecule has 312 valence electrons. The molecule has 0 bridgehead atoms. The van der Waals surface area contributed by atoms with Crippen LogP contribution in [0.5, 0.6) is 0 Å². The van der Waals surface area contributed by atoms with Gasteiger partial charge in [0, 0.05) is 0 Å². The molecule has 6 aliphatic carbocycles. The van der Waals surface area contributed by atoms with E-state index in [4.69, 9.17) is 0 Å². The first-order valence-electron chi connectivity index (χ1n) is 24.2. The zero-order valence-electron chi connectivity index (χ0n) is 37.5. The first-order chi connectivity index (χ1) is 30.9. The van der Waals surface area contributed by atoms with Crippen LogP contribution in [0.3, 0.4) is 0 Å². The molecule has 0 radical (unpaired) electrons. The molecule has 0 spiro atoms. The first kappa shape index (κ1) is 39.1. The van der Waals surface area contributed by atoms with Gasteiger partial charge in [-0.25, -0.2) is 0 Å². The Labute approximate surface area is 375 Å². The molecule has 63 heavy (non-hydrogen) atoms. The molecule has 12 rings (SSSR count). The quantitative estimate of drug-likeness (QED) is 0.147. The summed E-state index contributed by atoms with van der Waals surface area (Å²) in [6, 6.07) is 51.0. The van der Waals surface area contributed by atoms with Gasteiger partial charge in [0.25, 0.3) is 0 Å². The van der Waals surface area contributed by atoms with Gasteiger partial charge in [0.05, 0.1) is 8.07 Å². The molecule has 0 saturated heterocycles. The van der Waals surface area contributed by atoms with Gasteiger partial charge in [-0.2, -0.15) is 0 Å². The standard InChI is InChI=1S/C62H60Si/c1-39-37-57-53(49-29-13-21-41-17-5-9-25-45(41)49)33-35-55(51-31-15-23-43-19-7-11-27-47(43)51)59(57)61(39)63(3,4)62-40(2)38-58-54(50-30-14-22-42-18-6-10-26-46(42)50)34-36-56(60(58)62)52-32-16-24-44-20-8-12-28-48(44)52/h5-12,15-28,31-36,39-40,57-62H,13-14,29-30,37-38H2,1-4H3. The van der Waals surface area contributed by atoms with Crippen LogP contribution in [0.2, 0.25) is 24.2 Å². The summed E-state index contributed by atoms with van der Waals surface area (Å²) in [5, 5.41) is 11.3. The fraction of sp³-hybridized carbons (Fsp3) is 0.290. The highest BCUT2D eigenvalue weighted by atomic mass is 28.3. The van der Waals surface area contributed by atoms with Crippen molar-refractivity contribution < 1.29 is 0 Å². The summed E-state index contributed by atoms with van der Waals surface area (Å²) in [4.78, 5) is 0. The molecule has 0 N–H and O–H groups in total. The van der Waals surface area contributed by atoms with Crippen LogP contribution in [0, 0.1) is 35.5 Å². The lowest BCUT2D eigenvalue weighted by atomic mass is 9.72. The summed E-state index contributed by atoms with van der Waals surface area (Å²) in [6.45, 7) is 11.1. The van der Waals surface area contributed by atoms with Crippen molar-refractivity contribution in [1.82, 2.24) is 0 Å². The van der Waals surface area contributed by atoms with E-state index in [1.165, 1.54) is 66.4 Å². The SMILES string of the molecule is CC1CC2C(C3=c4ccccc4=CCC3)=CC=C(c3cccc4ccccc34)C2C1[Si](C)(C)C1C(C)CC2C(C3=c4ccccc4=CCC3)=CC=C(c3cccc4ccccc34)C21. The molecule has 0 heterocycles. The van der Waals surface area contributed by atoms with Crippen LogP contribution < -0.4 is 20.9 Å². The van der Waals surface area contributed by atoms with Crippen LogP contribution in [-0.4, -0.2) is 8.07 Å². The van der Waals surface area contributed by atoms with Crippen molar-refractivity contribution in [3.63, 3.8) is 0 Å². The van der Waals surface area contributed by atoms with Crippen molar-refractivity contribution in [2.45, 2.75) is 76.5 Å². The van der Waals surface area contributed by atoms with Crippen molar-refractivity contribution in [3.05, 3.63) is 201 Å². The minimum Gasteiger partial charge on any atom is -0.0763 e. The van der Waals surface area contributed by atoms with Crippen LogP contribution in [-0.2, 0) is 0 Å². The average molecular weight is 833 g/mol. The van der Waals surface area contributed by atoms with Gasteiger partial charge in [-0.3, -0.25) is 0 Å². The maximum Gasteiger partial charge on any atom is 0.0553 e. The Morgan fingerprint density at radius 2 is 0.825 bits per heavy atom. The fourth-order valence-electron chi connectivity index (χ4n) is 15.2. The van der Waals surface area contributed by atoms with Crippen LogP contribution >= 0.6 is 0 Å². The number of allylic oxidation sites excluding steroid dienone is 8. The van der Waals surface area contributed by atoms with Crippen LogP contribution in [0.4, 0.5) is 0 Å². The first-order valence-corrected chi connectivity index (χ1v) is 27.4. The molecule has 6 aromatic rings. The van der Waals surface area contributed by atoms with E-state index in [9.17, 15) is 0 Å². The number of fused-ring (bicyclic) bond motifs is 6. The highest BCUT2D eigenvalue weighted by molar-refractivity contribution is 6.81. The monoisotopic (exact) mass is 832 g/mol. The summed E-state index contributed by atoms with van der Waals surface area (Å²) >= 11 is 0. The van der Waals surface area contributed by atoms with E-state index in [2.05, 4.69) is 197 Å². The number of hydrogen-bond acceptors (Lipinski definition) is 0. The molecule has 6 aliphatic rings. The summed E-state index contributed by atoms with van der Waals surface area (Å²) in [5.74, 6) is 3.29. The molecule has 2 saturated carbocycles. The molecule has 2 fully saturated rings. The Kier molecular flexibility index (Phi) is 9.53. The van der Waals surface area contributed by atoms with Crippen molar-refractivity contribution in [2.24, 2.45) is 35.5 Å². The molecule has 8 unspecified atom stereocenters. The molecule has 0 aromatic heterocycles. The second-order valence-electron chi connectivity index (χ2n) is 20.7. The summed E-state index contributed by atoms with van der Waals surface area (Å²) in [6.07, 6.45) is 22.5. The highest BCUT2D eigenvalue weighted by Crippen LogP contribution is 2.68. The molecule has 1 heteroatoms. The van der Waals surface area contributed by atoms with Crippen molar-refractivity contribution in [2.75, 3.05) is 0 Å². The van der Waals surface area contributed by atoms with E-state index in [-0.39, 0.29) is 0 Å². The van der Waals surface area contributed by atoms with E-state index in [1.54, 1.807) is 33.4 Å². The Bertz CT molecular complexity index is 3010. The average Bonchev–Trinajstić information content (AvgIpc) is 3.88. The molecule has 0 amide bonds. The molecular weight excluding hydrogens is 773 g/mol. The lowest BCUT2D eigenvalue weighted by Crippen LogP contribution is -2.47. The zero-order chi connectivity index (χ0) is 42.4. The van der Waals surface area contributed by atoms with Crippen molar-refractivity contribution >= 4 is 64.1 Å². The van der Waals surface area contributed by atoms with Gasteiger partial charge < -0.3 is 0 Å². The Balaban J connectivity index is 1.04. The van der Waals surface area contributed by atoms with Crippen LogP contribution in [0.25, 0.3) is 56.0 Å². The third kappa shape index (κ3) is 6.20. The van der Waals surface area contributed by atoms with Gasteiger partial charge in [-0.15, -0.1) is 0 Å². The van der Waals surface area contributed by atoms with E-state index in [0.717, 1.165) is 25.7 Å². The Hall–Kier alpha value is -5.50. The number of hydrogen-bond donors (Lipinski definition) is 0. The highest BCUT2D eigenvalue weighted by Gasteiger charge is 2.60. The molecule has 0 nitrogen and oxygen atoms in total. The van der Waals surface area contributed by atoms with E-state index < -0.39 is 8.07 Å². The fourth-order valence-corrected chi connectivity index (χ4v) is 21.5. The third-order valence-electron chi connectivity index (χ3n) is 17.2. The van der Waals surface area contributed by atoms with Gasteiger partial charge in [-0.05, 0) is 172 Å². The number of benzene rings is 6. The van der Waals surface area contributed by atoms with E-state index in [1.807, 2.05) is 0 Å². The summed E-state index contributed by atoms with van der Waals surface area (Å²) in [5.41, 5.74) is 13.9. The van der Waals surface area contributed by atoms with Gasteiger partial charge >= 0.3 is 0 Å². The zero-order valence-corrected chi connectivity index (χ0v) is 38.5. The summed E-state index contributed by atoms with van der Waals surface area (Å²) < 4.78 is 0. The Morgan fingerprint density at radius 1 is 0.429 bits per heavy atom. The molecule has 6 aromatic carbocycles. The van der Waals surface area contributed by atoms with E-state index in [0.29, 0.717) is 46.6 Å². The van der Waals surface area contributed by atoms with Gasteiger partial charge in [0.1, 0.15) is 0 Å². The molecular formula is C62H60Si. The molecule has 8 atom stereocenters. The predicted octanol–water partition coefficient (Wildman–Crippen LogP) is 13.2. The lowest BCUT2D eigenvalue weighted by molar-refractivity contribution is 0.499. The second kappa shape index (κ2) is 15.3. The molecule has 0 aliphatic heterocycles. The third-order valence-corrected chi connectivity index (χ3v) is 22.5. The minimum atomic E-state index is -2.13. The second-order valence-corrected chi connectivity index (χ2v) is 25.7. The smallest absolute Gasteiger partial charge is 0.0553 e. The largest absolute Gasteiger partial charge is 0.0763 e. The topological polar surface area (TPSA) is 0 Å². The Morgan fingerprint density at radius 3 is 1.30 bits per heavy atom. The maximum absolute atomic E-state index is 2.88. The van der Waals surface area contributed by atoms with Gasteiger partial charge in [0.15, 0.2) is 0 Å². The van der Waals surface area contributed by atoms with Crippen LogP contribution in [0.15, 0.2) is 169 Å². The summed E-state index contributed by atoms with van der Waals surface area (Å²) in [7, 11) is -2.13. The van der Waals surface area contributed by atoms with Crippen LogP contribution in [0.1, 0.15) is 63.5 Å².